The highest BCUT2D eigenvalue weighted by molar-refractivity contribution is 7.89. The topological polar surface area (TPSA) is 79.6 Å². The summed E-state index contributed by atoms with van der Waals surface area (Å²) in [5.41, 5.74) is 0.111. The van der Waals surface area contributed by atoms with Crippen molar-refractivity contribution in [2.24, 2.45) is 0 Å². The Kier molecular flexibility index (Phi) is 4.09. The minimum Gasteiger partial charge on any atom is -0.477 e. The molecule has 0 saturated carbocycles. The summed E-state index contributed by atoms with van der Waals surface area (Å²) in [4.78, 5) is 11.0. The van der Waals surface area contributed by atoms with Crippen molar-refractivity contribution in [2.45, 2.75) is 24.6 Å². The number of alkyl halides is 2. The molecule has 0 spiro atoms. The first-order valence-electron chi connectivity index (χ1n) is 6.01. The highest BCUT2D eigenvalue weighted by Crippen LogP contribution is 2.27. The van der Waals surface area contributed by atoms with Gasteiger partial charge in [0, 0.05) is 25.3 Å². The number of aromatic nitrogens is 1. The van der Waals surface area contributed by atoms with Crippen LogP contribution < -0.4 is 0 Å². The number of carboxylic acid groups (broad SMARTS) is 1. The number of halogens is 2. The molecular weight excluding hydrogens is 294 g/mol. The number of hydrogen-bond acceptors (Lipinski definition) is 3. The van der Waals surface area contributed by atoms with Gasteiger partial charge in [-0.05, 0) is 25.0 Å². The zero-order valence-electron chi connectivity index (χ0n) is 10.4. The van der Waals surface area contributed by atoms with E-state index in [9.17, 15) is 22.0 Å². The van der Waals surface area contributed by atoms with Crippen LogP contribution in [0.15, 0.2) is 18.3 Å². The second-order valence-corrected chi connectivity index (χ2v) is 6.44. The molecule has 1 fully saturated rings. The second-order valence-electron chi connectivity index (χ2n) is 4.54. The standard InChI is InChI=1S/C11H14F2N2O4S/c12-11(13)20(18,19)14-6-3-8(4-7-14)15-5-1-2-9(15)10(16)17/h1-2,5,8,11H,3-4,6-7H2,(H,16,17). The Morgan fingerprint density at radius 2 is 1.95 bits per heavy atom. The van der Waals surface area contributed by atoms with Gasteiger partial charge in [0.15, 0.2) is 0 Å². The summed E-state index contributed by atoms with van der Waals surface area (Å²) < 4.78 is 49.8. The number of piperidine rings is 1. The molecule has 1 aromatic rings. The molecule has 0 unspecified atom stereocenters. The fourth-order valence-electron chi connectivity index (χ4n) is 2.38. The van der Waals surface area contributed by atoms with E-state index in [4.69, 9.17) is 5.11 Å². The quantitative estimate of drug-likeness (QED) is 0.911. The Hall–Kier alpha value is -1.48. The number of hydrogen-bond donors (Lipinski definition) is 1. The minimum absolute atomic E-state index is 0.0332. The highest BCUT2D eigenvalue weighted by Gasteiger charge is 2.35. The van der Waals surface area contributed by atoms with Crippen LogP contribution in [0.5, 0.6) is 0 Å². The maximum atomic E-state index is 12.4. The summed E-state index contributed by atoms with van der Waals surface area (Å²) >= 11 is 0. The second kappa shape index (κ2) is 5.49. The number of sulfonamides is 1. The van der Waals surface area contributed by atoms with Crippen LogP contribution >= 0.6 is 0 Å². The molecule has 1 aliphatic rings. The molecule has 0 atom stereocenters. The Labute approximate surface area is 114 Å². The molecule has 112 valence electrons. The fourth-order valence-corrected chi connectivity index (χ4v) is 3.33. The fraction of sp³-hybridized carbons (Fsp3) is 0.545. The van der Waals surface area contributed by atoms with E-state index in [2.05, 4.69) is 0 Å². The van der Waals surface area contributed by atoms with E-state index in [0.29, 0.717) is 12.8 Å². The predicted molar refractivity (Wildman–Crippen MR) is 66.2 cm³/mol. The van der Waals surface area contributed by atoms with Crippen molar-refractivity contribution >= 4 is 16.0 Å². The zero-order valence-corrected chi connectivity index (χ0v) is 11.3. The SMILES string of the molecule is O=C(O)c1cccn1C1CCN(S(=O)(=O)C(F)F)CC1. The predicted octanol–water partition coefficient (Wildman–Crippen LogP) is 1.38. The largest absolute Gasteiger partial charge is 0.477 e. The average molecular weight is 308 g/mol. The number of aromatic carboxylic acids is 1. The Morgan fingerprint density at radius 1 is 1.35 bits per heavy atom. The molecule has 1 aromatic heterocycles. The van der Waals surface area contributed by atoms with E-state index in [0.717, 1.165) is 4.31 Å². The molecule has 0 radical (unpaired) electrons. The normalized spacial score (nSPS) is 18.6. The summed E-state index contributed by atoms with van der Waals surface area (Å²) in [5.74, 6) is -4.49. The van der Waals surface area contributed by atoms with Gasteiger partial charge in [-0.15, -0.1) is 0 Å². The van der Waals surface area contributed by atoms with E-state index in [1.165, 1.54) is 6.07 Å². The lowest BCUT2D eigenvalue weighted by Gasteiger charge is -2.32. The molecule has 1 aliphatic heterocycles. The third kappa shape index (κ3) is 2.68. The monoisotopic (exact) mass is 308 g/mol. The van der Waals surface area contributed by atoms with Crippen molar-refractivity contribution in [3.63, 3.8) is 0 Å². The number of carboxylic acids is 1. The maximum absolute atomic E-state index is 12.4. The van der Waals surface area contributed by atoms with Gasteiger partial charge in [-0.2, -0.15) is 13.1 Å². The van der Waals surface area contributed by atoms with E-state index < -0.39 is 21.8 Å². The van der Waals surface area contributed by atoms with Crippen molar-refractivity contribution in [3.05, 3.63) is 24.0 Å². The third-order valence-electron chi connectivity index (χ3n) is 3.40. The summed E-state index contributed by atoms with van der Waals surface area (Å²) in [6.45, 7) is -0.0663. The average Bonchev–Trinajstić information content (AvgIpc) is 2.88. The Morgan fingerprint density at radius 3 is 2.45 bits per heavy atom. The van der Waals surface area contributed by atoms with E-state index in [1.807, 2.05) is 0 Å². The van der Waals surface area contributed by atoms with Crippen molar-refractivity contribution in [3.8, 4) is 0 Å². The lowest BCUT2D eigenvalue weighted by Crippen LogP contribution is -2.41. The van der Waals surface area contributed by atoms with Crippen LogP contribution in [-0.4, -0.2) is 47.2 Å². The van der Waals surface area contributed by atoms with Crippen LogP contribution in [0.4, 0.5) is 8.78 Å². The highest BCUT2D eigenvalue weighted by atomic mass is 32.2. The molecule has 1 saturated heterocycles. The summed E-state index contributed by atoms with van der Waals surface area (Å²) in [6, 6.07) is 2.84. The van der Waals surface area contributed by atoms with Crippen molar-refractivity contribution in [1.29, 1.82) is 0 Å². The molecular formula is C11H14F2N2O4S. The van der Waals surface area contributed by atoms with E-state index in [-0.39, 0.29) is 24.8 Å². The van der Waals surface area contributed by atoms with Gasteiger partial charge in [-0.3, -0.25) is 0 Å². The maximum Gasteiger partial charge on any atom is 0.352 e. The molecule has 1 N–H and O–H groups in total. The molecule has 9 heteroatoms. The van der Waals surface area contributed by atoms with Crippen molar-refractivity contribution < 1.29 is 27.1 Å². The minimum atomic E-state index is -4.54. The van der Waals surface area contributed by atoms with Gasteiger partial charge in [-0.1, -0.05) is 0 Å². The molecule has 0 bridgehead atoms. The van der Waals surface area contributed by atoms with E-state index in [1.54, 1.807) is 16.8 Å². The van der Waals surface area contributed by atoms with Crippen LogP contribution in [0.25, 0.3) is 0 Å². The van der Waals surface area contributed by atoms with Gasteiger partial charge < -0.3 is 9.67 Å². The third-order valence-corrected chi connectivity index (χ3v) is 4.94. The van der Waals surface area contributed by atoms with Crippen LogP contribution in [0.3, 0.4) is 0 Å². The van der Waals surface area contributed by atoms with Crippen molar-refractivity contribution in [1.82, 2.24) is 8.87 Å². The molecule has 2 rings (SSSR count). The number of carbonyl (C=O) groups is 1. The zero-order chi connectivity index (χ0) is 14.9. The lowest BCUT2D eigenvalue weighted by molar-refractivity contribution is 0.0680. The summed E-state index contributed by atoms with van der Waals surface area (Å²) in [6.07, 6.45) is 2.22. The van der Waals surface area contributed by atoms with Crippen LogP contribution in [0.2, 0.25) is 0 Å². The first-order chi connectivity index (χ1) is 9.34. The van der Waals surface area contributed by atoms with Gasteiger partial charge in [0.2, 0.25) is 0 Å². The summed E-state index contributed by atoms with van der Waals surface area (Å²) in [7, 11) is -4.54. The summed E-state index contributed by atoms with van der Waals surface area (Å²) in [5, 5.41) is 9.01. The van der Waals surface area contributed by atoms with Crippen LogP contribution in [0.1, 0.15) is 29.4 Å². The van der Waals surface area contributed by atoms with Gasteiger partial charge in [0.1, 0.15) is 5.69 Å². The number of rotatable bonds is 4. The lowest BCUT2D eigenvalue weighted by atomic mass is 10.1. The van der Waals surface area contributed by atoms with Gasteiger partial charge >= 0.3 is 11.7 Å². The van der Waals surface area contributed by atoms with Crippen molar-refractivity contribution in [2.75, 3.05) is 13.1 Å². The molecule has 0 aliphatic carbocycles. The first kappa shape index (κ1) is 14.9. The molecule has 2 heterocycles. The molecule has 6 nitrogen and oxygen atoms in total. The van der Waals surface area contributed by atoms with Crippen LogP contribution in [0, 0.1) is 0 Å². The van der Waals surface area contributed by atoms with Crippen LogP contribution in [-0.2, 0) is 10.0 Å². The smallest absolute Gasteiger partial charge is 0.352 e. The van der Waals surface area contributed by atoms with Gasteiger partial charge in [0.25, 0.3) is 10.0 Å². The first-order valence-corrected chi connectivity index (χ1v) is 7.51. The molecule has 0 amide bonds. The molecule has 0 aromatic carbocycles. The van der Waals surface area contributed by atoms with E-state index >= 15 is 0 Å². The molecule has 20 heavy (non-hydrogen) atoms. The Bertz CT molecular complexity index is 591. The van der Waals surface area contributed by atoms with Gasteiger partial charge in [-0.25, -0.2) is 13.2 Å². The van der Waals surface area contributed by atoms with Gasteiger partial charge in [0.05, 0.1) is 0 Å². The number of nitrogens with zero attached hydrogens (tertiary/aromatic N) is 2. The Balaban J connectivity index is 2.09.